The molecule has 4 rings (SSSR count). The van der Waals surface area contributed by atoms with Gasteiger partial charge in [0.2, 0.25) is 5.76 Å². The van der Waals surface area contributed by atoms with Gasteiger partial charge in [-0.15, -0.1) is 0 Å². The Kier molecular flexibility index (Phi) is 10.9. The van der Waals surface area contributed by atoms with Crippen LogP contribution in [0, 0.1) is 11.2 Å². The molecule has 1 aromatic heterocycles. The lowest BCUT2D eigenvalue weighted by Gasteiger charge is -2.32. The molecule has 0 saturated carbocycles. The Labute approximate surface area is 254 Å². The lowest BCUT2D eigenvalue weighted by Crippen LogP contribution is -2.43. The summed E-state index contributed by atoms with van der Waals surface area (Å²) < 4.78 is 30.7. The van der Waals surface area contributed by atoms with Crippen molar-refractivity contribution in [2.45, 2.75) is 45.8 Å². The van der Waals surface area contributed by atoms with Crippen LogP contribution in [0.4, 0.5) is 4.39 Å². The van der Waals surface area contributed by atoms with E-state index in [9.17, 15) is 19.1 Å². The van der Waals surface area contributed by atoms with Gasteiger partial charge in [0, 0.05) is 29.8 Å². The van der Waals surface area contributed by atoms with Crippen molar-refractivity contribution in [3.63, 3.8) is 0 Å². The number of rotatable bonds is 14. The van der Waals surface area contributed by atoms with Crippen LogP contribution in [0.1, 0.15) is 48.4 Å². The summed E-state index contributed by atoms with van der Waals surface area (Å²) in [7, 11) is 0. The van der Waals surface area contributed by atoms with Gasteiger partial charge in [0.1, 0.15) is 12.4 Å². The number of nitrogens with one attached hydrogen (secondary N) is 1. The van der Waals surface area contributed by atoms with E-state index in [0.29, 0.717) is 42.2 Å². The van der Waals surface area contributed by atoms with Gasteiger partial charge in [-0.05, 0) is 73.2 Å². The summed E-state index contributed by atoms with van der Waals surface area (Å²) in [5, 5.41) is 16.3. The Morgan fingerprint density at radius 2 is 1.81 bits per heavy atom. The number of carbonyl (C=O) groups is 2. The molecule has 1 amide bonds. The molecule has 0 aliphatic heterocycles. The maximum absolute atomic E-state index is 14.4. The van der Waals surface area contributed by atoms with E-state index in [4.69, 9.17) is 25.6 Å². The average molecular weight is 609 g/mol. The fourth-order valence-electron chi connectivity index (χ4n) is 4.80. The molecular formula is C33H34ClFN2O6. The average Bonchev–Trinajstić information content (AvgIpc) is 3.44. The molecule has 2 N–H and O–H groups in total. The molecule has 0 spiro atoms. The predicted octanol–water partition coefficient (Wildman–Crippen LogP) is 6.75. The Balaban J connectivity index is 1.57. The van der Waals surface area contributed by atoms with E-state index in [1.807, 2.05) is 49.4 Å². The number of hydrogen-bond acceptors (Lipinski definition) is 7. The Hall–Kier alpha value is -4.21. The summed E-state index contributed by atoms with van der Waals surface area (Å²) in [6, 6.07) is 21.5. The van der Waals surface area contributed by atoms with Gasteiger partial charge in [0.25, 0.3) is 11.8 Å². The molecule has 1 unspecified atom stereocenters. The third-order valence-corrected chi connectivity index (χ3v) is 7.37. The third kappa shape index (κ3) is 8.89. The van der Waals surface area contributed by atoms with Crippen LogP contribution in [0.5, 0.6) is 5.88 Å². The van der Waals surface area contributed by atoms with E-state index in [2.05, 4.69) is 10.5 Å². The number of aromatic nitrogens is 1. The molecule has 0 radical (unpaired) electrons. The van der Waals surface area contributed by atoms with Crippen molar-refractivity contribution in [1.29, 1.82) is 0 Å². The van der Waals surface area contributed by atoms with Crippen molar-refractivity contribution in [1.82, 2.24) is 10.5 Å². The molecule has 4 aromatic rings. The van der Waals surface area contributed by atoms with Gasteiger partial charge in [-0.25, -0.2) is 4.39 Å². The van der Waals surface area contributed by atoms with E-state index in [1.165, 1.54) is 12.1 Å². The monoisotopic (exact) mass is 608 g/mol. The SMILES string of the molecule is CCOCCC(C)(C[C@@H](Cc1ccc(-c2cc(Cl)ccc2F)cc1)NC(=O)c1cc(O)no1)C(=O)OCc1ccccc1. The van der Waals surface area contributed by atoms with Gasteiger partial charge < -0.3 is 24.4 Å². The Bertz CT molecular complexity index is 1510. The van der Waals surface area contributed by atoms with Crippen molar-refractivity contribution >= 4 is 23.5 Å². The number of amides is 1. The first-order valence-corrected chi connectivity index (χ1v) is 14.3. The number of esters is 1. The highest BCUT2D eigenvalue weighted by atomic mass is 35.5. The third-order valence-electron chi connectivity index (χ3n) is 7.14. The van der Waals surface area contributed by atoms with Crippen LogP contribution < -0.4 is 5.32 Å². The van der Waals surface area contributed by atoms with Crippen LogP contribution >= 0.6 is 11.6 Å². The predicted molar refractivity (Wildman–Crippen MR) is 160 cm³/mol. The highest BCUT2D eigenvalue weighted by molar-refractivity contribution is 6.30. The van der Waals surface area contributed by atoms with Gasteiger partial charge in [-0.2, -0.15) is 0 Å². The van der Waals surface area contributed by atoms with Gasteiger partial charge in [-0.1, -0.05) is 66.2 Å². The normalized spacial score (nSPS) is 13.2. The van der Waals surface area contributed by atoms with Crippen molar-refractivity contribution in [2.24, 2.45) is 5.41 Å². The molecule has 3 aromatic carbocycles. The van der Waals surface area contributed by atoms with Crippen molar-refractivity contribution < 1.29 is 33.1 Å². The summed E-state index contributed by atoms with van der Waals surface area (Å²) in [6.45, 7) is 4.59. The minimum atomic E-state index is -1.02. The molecule has 10 heteroatoms. The zero-order chi connectivity index (χ0) is 30.8. The van der Waals surface area contributed by atoms with Crippen molar-refractivity contribution in [2.75, 3.05) is 13.2 Å². The topological polar surface area (TPSA) is 111 Å². The van der Waals surface area contributed by atoms with Crippen LogP contribution in [0.15, 0.2) is 83.4 Å². The molecule has 0 saturated heterocycles. The fraction of sp³-hybridized carbons (Fsp3) is 0.303. The molecule has 2 atom stereocenters. The number of ether oxygens (including phenoxy) is 2. The fourth-order valence-corrected chi connectivity index (χ4v) is 4.97. The van der Waals surface area contributed by atoms with Crippen LogP contribution in [0.3, 0.4) is 0 Å². The van der Waals surface area contributed by atoms with Gasteiger partial charge >= 0.3 is 5.97 Å². The second-order valence-corrected chi connectivity index (χ2v) is 11.0. The van der Waals surface area contributed by atoms with Gasteiger partial charge in [-0.3, -0.25) is 9.59 Å². The first kappa shape index (κ1) is 31.7. The van der Waals surface area contributed by atoms with E-state index < -0.39 is 35.0 Å². The zero-order valence-corrected chi connectivity index (χ0v) is 24.8. The Morgan fingerprint density at radius 3 is 2.49 bits per heavy atom. The molecule has 0 aliphatic rings. The van der Waals surface area contributed by atoms with Gasteiger partial charge in [0.15, 0.2) is 0 Å². The number of nitrogens with zero attached hydrogens (tertiary/aromatic N) is 1. The van der Waals surface area contributed by atoms with Crippen molar-refractivity contribution in [3.05, 3.63) is 107 Å². The van der Waals surface area contributed by atoms with E-state index in [0.717, 1.165) is 17.2 Å². The molecule has 0 fully saturated rings. The van der Waals surface area contributed by atoms with Crippen LogP contribution in [-0.4, -0.2) is 41.4 Å². The van der Waals surface area contributed by atoms with E-state index in [-0.39, 0.29) is 18.8 Å². The number of benzene rings is 3. The smallest absolute Gasteiger partial charge is 0.312 e. The minimum absolute atomic E-state index is 0.111. The maximum Gasteiger partial charge on any atom is 0.312 e. The lowest BCUT2D eigenvalue weighted by molar-refractivity contribution is -0.158. The standard InChI is InChI=1S/C33H34ClFN2O6/c1-3-41-16-15-33(2,32(40)42-21-23-7-5-4-6-8-23)20-26(36-31(39)29-19-30(38)37-43-29)17-22-9-11-24(12-10-22)27-18-25(34)13-14-28(27)35/h4-14,18-19,26H,3,15-17,20-21H2,1-2H3,(H,36,39)(H,37,38)/t26-,33?/m1/s1. The molecule has 43 heavy (non-hydrogen) atoms. The molecule has 0 bridgehead atoms. The summed E-state index contributed by atoms with van der Waals surface area (Å²) in [4.78, 5) is 26.6. The van der Waals surface area contributed by atoms with Gasteiger partial charge in [0.05, 0.1) is 11.5 Å². The number of carbonyl (C=O) groups excluding carboxylic acids is 2. The first-order chi connectivity index (χ1) is 20.7. The van der Waals surface area contributed by atoms with Crippen LogP contribution in [0.2, 0.25) is 5.02 Å². The zero-order valence-electron chi connectivity index (χ0n) is 24.0. The van der Waals surface area contributed by atoms with E-state index >= 15 is 0 Å². The molecule has 8 nitrogen and oxygen atoms in total. The molecule has 226 valence electrons. The quantitative estimate of drug-likeness (QED) is 0.120. The summed E-state index contributed by atoms with van der Waals surface area (Å²) in [5.74, 6) is -2.00. The minimum Gasteiger partial charge on any atom is -0.491 e. The highest BCUT2D eigenvalue weighted by Crippen LogP contribution is 2.32. The maximum atomic E-state index is 14.4. The Morgan fingerprint density at radius 1 is 1.07 bits per heavy atom. The molecule has 1 heterocycles. The second-order valence-electron chi connectivity index (χ2n) is 10.5. The molecular weight excluding hydrogens is 575 g/mol. The lowest BCUT2D eigenvalue weighted by atomic mass is 9.79. The highest BCUT2D eigenvalue weighted by Gasteiger charge is 2.38. The first-order valence-electron chi connectivity index (χ1n) is 14.0. The van der Waals surface area contributed by atoms with Crippen LogP contribution in [0.25, 0.3) is 11.1 Å². The molecule has 0 aliphatic carbocycles. The summed E-state index contributed by atoms with van der Waals surface area (Å²) in [6.07, 6.45) is 0.904. The number of hydrogen-bond donors (Lipinski definition) is 2. The largest absolute Gasteiger partial charge is 0.491 e. The summed E-state index contributed by atoms with van der Waals surface area (Å²) >= 11 is 6.08. The second kappa shape index (κ2) is 14.8. The summed E-state index contributed by atoms with van der Waals surface area (Å²) in [5.41, 5.74) is 1.69. The van der Waals surface area contributed by atoms with E-state index in [1.54, 1.807) is 25.1 Å². The van der Waals surface area contributed by atoms with Crippen molar-refractivity contribution in [3.8, 4) is 17.0 Å². The number of aromatic hydroxyl groups is 1. The van der Waals surface area contributed by atoms with Crippen LogP contribution in [-0.2, 0) is 27.3 Å². The number of halogens is 2.